The zero-order valence-corrected chi connectivity index (χ0v) is 10.2. The third-order valence-corrected chi connectivity index (χ3v) is 3.79. The van der Waals surface area contributed by atoms with E-state index in [1.165, 1.54) is 4.90 Å². The molecular formula is C12H14N2O2S. The van der Waals surface area contributed by atoms with Crippen LogP contribution in [-0.4, -0.2) is 36.4 Å². The molecule has 1 fully saturated rings. The monoisotopic (exact) mass is 250 g/mol. The molecule has 5 heteroatoms. The molecule has 0 radical (unpaired) electrons. The number of nitrogens with one attached hydrogen (secondary N) is 1. The Hall–Kier alpha value is -1.33. The molecule has 17 heavy (non-hydrogen) atoms. The van der Waals surface area contributed by atoms with Gasteiger partial charge in [-0.05, 0) is 12.1 Å². The van der Waals surface area contributed by atoms with E-state index >= 15 is 0 Å². The van der Waals surface area contributed by atoms with Crippen molar-refractivity contribution in [2.75, 3.05) is 23.7 Å². The number of anilines is 1. The van der Waals surface area contributed by atoms with Gasteiger partial charge in [0, 0.05) is 18.8 Å². The molecule has 0 aliphatic carbocycles. The zero-order chi connectivity index (χ0) is 12.1. The quantitative estimate of drug-likeness (QED) is 0.809. The van der Waals surface area contributed by atoms with Crippen LogP contribution in [0.25, 0.3) is 0 Å². The fourth-order valence-corrected chi connectivity index (χ4v) is 2.75. The highest BCUT2D eigenvalue weighted by molar-refractivity contribution is 8.00. The lowest BCUT2D eigenvalue weighted by molar-refractivity contribution is -0.121. The summed E-state index contributed by atoms with van der Waals surface area (Å²) in [5.74, 6) is 0.751. The molecular weight excluding hydrogens is 236 g/mol. The minimum atomic E-state index is -0.172. The molecule has 1 unspecified atom stereocenters. The first kappa shape index (κ1) is 12.1. The third kappa shape index (κ3) is 2.87. The summed E-state index contributed by atoms with van der Waals surface area (Å²) < 4.78 is 0. The molecule has 0 saturated carbocycles. The van der Waals surface area contributed by atoms with Crippen LogP contribution >= 0.6 is 11.8 Å². The summed E-state index contributed by atoms with van der Waals surface area (Å²) in [6.07, 6.45) is 0.590. The molecule has 2 rings (SSSR count). The van der Waals surface area contributed by atoms with Crippen LogP contribution in [0.3, 0.4) is 0 Å². The molecule has 90 valence electrons. The summed E-state index contributed by atoms with van der Waals surface area (Å²) >= 11 is 1.60. The minimum absolute atomic E-state index is 0.150. The van der Waals surface area contributed by atoms with Gasteiger partial charge in [0.1, 0.15) is 0 Å². The minimum Gasteiger partial charge on any atom is -0.314 e. The number of thioether (sulfide) groups is 1. The van der Waals surface area contributed by atoms with Crippen LogP contribution in [0.1, 0.15) is 0 Å². The van der Waals surface area contributed by atoms with Crippen LogP contribution in [0.4, 0.5) is 5.69 Å². The Labute approximate surface area is 104 Å². The van der Waals surface area contributed by atoms with Crippen molar-refractivity contribution in [1.82, 2.24) is 5.32 Å². The van der Waals surface area contributed by atoms with Crippen molar-refractivity contribution in [3.8, 4) is 0 Å². The highest BCUT2D eigenvalue weighted by Crippen LogP contribution is 2.19. The van der Waals surface area contributed by atoms with E-state index in [4.69, 9.17) is 0 Å². The second-order valence-electron chi connectivity index (χ2n) is 3.71. The van der Waals surface area contributed by atoms with Gasteiger partial charge in [-0.3, -0.25) is 14.5 Å². The van der Waals surface area contributed by atoms with Crippen molar-refractivity contribution in [3.05, 3.63) is 30.3 Å². The van der Waals surface area contributed by atoms with Crippen LogP contribution in [-0.2, 0) is 9.59 Å². The van der Waals surface area contributed by atoms with Gasteiger partial charge < -0.3 is 5.32 Å². The predicted octanol–water partition coefficient (Wildman–Crippen LogP) is 0.881. The largest absolute Gasteiger partial charge is 0.314 e. The van der Waals surface area contributed by atoms with Gasteiger partial charge in [0.05, 0.1) is 10.9 Å². The summed E-state index contributed by atoms with van der Waals surface area (Å²) in [4.78, 5) is 24.4. The first-order chi connectivity index (χ1) is 8.33. The van der Waals surface area contributed by atoms with Gasteiger partial charge in [-0.2, -0.15) is 0 Å². The van der Waals surface area contributed by atoms with Gasteiger partial charge in [0.15, 0.2) is 0 Å². The fraction of sp³-hybridized carbons (Fsp3) is 0.333. The third-order valence-electron chi connectivity index (χ3n) is 2.58. The average Bonchev–Trinajstić information content (AvgIpc) is 2.42. The molecule has 1 heterocycles. The van der Waals surface area contributed by atoms with Crippen LogP contribution in [0.5, 0.6) is 0 Å². The number of amides is 2. The topological polar surface area (TPSA) is 49.4 Å². The first-order valence-electron chi connectivity index (χ1n) is 5.48. The highest BCUT2D eigenvalue weighted by Gasteiger charge is 2.27. The number of carbonyl (C=O) groups is 2. The van der Waals surface area contributed by atoms with E-state index in [-0.39, 0.29) is 11.2 Å². The number of nitrogens with zero attached hydrogens (tertiary/aromatic N) is 1. The number of benzene rings is 1. The number of carbonyl (C=O) groups excluding carboxylic acids is 2. The molecule has 1 N–H and O–H groups in total. The molecule has 1 saturated heterocycles. The summed E-state index contributed by atoms with van der Waals surface area (Å²) in [7, 11) is 0. The van der Waals surface area contributed by atoms with E-state index in [0.717, 1.165) is 12.3 Å². The number of hydrogen-bond acceptors (Lipinski definition) is 4. The van der Waals surface area contributed by atoms with E-state index in [9.17, 15) is 9.59 Å². The average molecular weight is 250 g/mol. The van der Waals surface area contributed by atoms with E-state index in [1.54, 1.807) is 23.9 Å². The van der Waals surface area contributed by atoms with Crippen molar-refractivity contribution in [2.24, 2.45) is 0 Å². The second kappa shape index (κ2) is 5.84. The van der Waals surface area contributed by atoms with E-state index in [1.807, 2.05) is 18.2 Å². The van der Waals surface area contributed by atoms with Crippen molar-refractivity contribution in [3.63, 3.8) is 0 Å². The van der Waals surface area contributed by atoms with Crippen molar-refractivity contribution in [1.29, 1.82) is 0 Å². The zero-order valence-electron chi connectivity index (χ0n) is 9.33. The molecule has 0 bridgehead atoms. The molecule has 1 aliphatic heterocycles. The Bertz CT molecular complexity index is 391. The van der Waals surface area contributed by atoms with Crippen molar-refractivity contribution >= 4 is 29.8 Å². The van der Waals surface area contributed by atoms with E-state index < -0.39 is 0 Å². The summed E-state index contributed by atoms with van der Waals surface area (Å²) in [5, 5.41) is 2.99. The number of imide groups is 1. The van der Waals surface area contributed by atoms with Gasteiger partial charge >= 0.3 is 0 Å². The normalized spacial score (nSPS) is 19.6. The molecule has 1 aromatic carbocycles. The van der Waals surface area contributed by atoms with E-state index in [2.05, 4.69) is 5.32 Å². The molecule has 1 aliphatic rings. The molecule has 1 atom stereocenters. The molecule has 4 nitrogen and oxygen atoms in total. The predicted molar refractivity (Wildman–Crippen MR) is 69.1 cm³/mol. The lowest BCUT2D eigenvalue weighted by Gasteiger charge is -2.25. The Morgan fingerprint density at radius 1 is 1.41 bits per heavy atom. The first-order valence-corrected chi connectivity index (χ1v) is 6.53. The maximum Gasteiger partial charge on any atom is 0.247 e. The SMILES string of the molecule is O=CN(C(=O)C1CNCCS1)c1ccccc1. The number of hydrogen-bond donors (Lipinski definition) is 1. The maximum atomic E-state index is 12.2. The van der Waals surface area contributed by atoms with Crippen molar-refractivity contribution in [2.45, 2.75) is 5.25 Å². The summed E-state index contributed by atoms with van der Waals surface area (Å²) in [5.41, 5.74) is 0.624. The van der Waals surface area contributed by atoms with E-state index in [0.29, 0.717) is 18.6 Å². The van der Waals surface area contributed by atoms with Gasteiger partial charge in [0.25, 0.3) is 0 Å². The summed E-state index contributed by atoms with van der Waals surface area (Å²) in [6, 6.07) is 8.99. The number of rotatable bonds is 3. The Morgan fingerprint density at radius 3 is 2.76 bits per heavy atom. The fourth-order valence-electron chi connectivity index (χ4n) is 1.71. The smallest absolute Gasteiger partial charge is 0.247 e. The molecule has 0 aromatic heterocycles. The van der Waals surface area contributed by atoms with Crippen LogP contribution in [0, 0.1) is 0 Å². The van der Waals surface area contributed by atoms with Crippen LogP contribution < -0.4 is 10.2 Å². The van der Waals surface area contributed by atoms with Gasteiger partial charge in [-0.1, -0.05) is 18.2 Å². The lowest BCUT2D eigenvalue weighted by atomic mass is 10.2. The Kier molecular flexibility index (Phi) is 4.17. The summed E-state index contributed by atoms with van der Waals surface area (Å²) in [6.45, 7) is 1.54. The Balaban J connectivity index is 2.12. The number of para-hydroxylation sites is 1. The lowest BCUT2D eigenvalue weighted by Crippen LogP contribution is -2.45. The standard InChI is InChI=1S/C12H14N2O2S/c15-9-14(10-4-2-1-3-5-10)12(16)11-8-13-6-7-17-11/h1-5,9,11,13H,6-8H2. The van der Waals surface area contributed by atoms with Crippen molar-refractivity contribution < 1.29 is 9.59 Å². The molecule has 1 aromatic rings. The van der Waals surface area contributed by atoms with Crippen LogP contribution in [0.15, 0.2) is 30.3 Å². The Morgan fingerprint density at radius 2 is 2.18 bits per heavy atom. The second-order valence-corrected chi connectivity index (χ2v) is 5.02. The molecule has 0 spiro atoms. The highest BCUT2D eigenvalue weighted by atomic mass is 32.2. The maximum absolute atomic E-state index is 12.2. The van der Waals surface area contributed by atoms with Gasteiger partial charge in [-0.15, -0.1) is 11.8 Å². The van der Waals surface area contributed by atoms with Gasteiger partial charge in [-0.25, -0.2) is 0 Å². The van der Waals surface area contributed by atoms with Gasteiger partial charge in [0.2, 0.25) is 12.3 Å². The van der Waals surface area contributed by atoms with Crippen LogP contribution in [0.2, 0.25) is 0 Å². The molecule has 2 amide bonds.